The lowest BCUT2D eigenvalue weighted by Gasteiger charge is -2.29. The predicted octanol–water partition coefficient (Wildman–Crippen LogP) is 3.25. The topological polar surface area (TPSA) is 53.7 Å². The van der Waals surface area contributed by atoms with Gasteiger partial charge in [0.15, 0.2) is 11.5 Å². The maximum absolute atomic E-state index is 6.28. The highest BCUT2D eigenvalue weighted by atomic mass is 35.5. The minimum atomic E-state index is -0.110. The van der Waals surface area contributed by atoms with Gasteiger partial charge in [-0.05, 0) is 29.5 Å². The Labute approximate surface area is 138 Å². The summed E-state index contributed by atoms with van der Waals surface area (Å²) in [5.41, 5.74) is 7.29. The molecule has 1 atom stereocenters. The van der Waals surface area contributed by atoms with Crippen molar-refractivity contribution in [2.75, 3.05) is 33.3 Å². The van der Waals surface area contributed by atoms with Gasteiger partial charge in [0.05, 0.1) is 13.7 Å². The standard InChI is InChI=1S/C17H28ClNO3/c1-17(2,12-18)16(19)11-13-6-7-14(21-4)15(10-13)22-9-5-8-20-3/h6-7,10,16H,5,8-9,11-12,19H2,1-4H3. The highest BCUT2D eigenvalue weighted by molar-refractivity contribution is 6.18. The van der Waals surface area contributed by atoms with Gasteiger partial charge < -0.3 is 19.9 Å². The van der Waals surface area contributed by atoms with Gasteiger partial charge in [-0.15, -0.1) is 11.6 Å². The van der Waals surface area contributed by atoms with E-state index in [1.807, 2.05) is 18.2 Å². The number of ether oxygens (including phenoxy) is 3. The van der Waals surface area contributed by atoms with Crippen molar-refractivity contribution >= 4 is 11.6 Å². The molecule has 4 nitrogen and oxygen atoms in total. The van der Waals surface area contributed by atoms with Crippen LogP contribution in [0.15, 0.2) is 18.2 Å². The molecule has 0 aliphatic heterocycles. The first kappa shape index (κ1) is 19.1. The predicted molar refractivity (Wildman–Crippen MR) is 91.2 cm³/mol. The molecule has 0 spiro atoms. The third-order valence-corrected chi connectivity index (χ3v) is 4.47. The molecule has 1 aromatic rings. The molecular formula is C17H28ClNO3. The molecule has 1 rings (SSSR count). The molecule has 1 aromatic carbocycles. The Balaban J connectivity index is 2.76. The Kier molecular flexibility index (Phi) is 8.01. The molecule has 0 saturated carbocycles. The van der Waals surface area contributed by atoms with E-state index in [-0.39, 0.29) is 11.5 Å². The maximum atomic E-state index is 6.28. The van der Waals surface area contributed by atoms with Crippen LogP contribution in [0.3, 0.4) is 0 Å². The number of halogens is 1. The van der Waals surface area contributed by atoms with E-state index in [9.17, 15) is 0 Å². The smallest absolute Gasteiger partial charge is 0.161 e. The van der Waals surface area contributed by atoms with Crippen molar-refractivity contribution in [2.24, 2.45) is 11.1 Å². The summed E-state index contributed by atoms with van der Waals surface area (Å²) in [6.45, 7) is 5.43. The molecule has 0 heterocycles. The number of nitrogens with two attached hydrogens (primary N) is 1. The fourth-order valence-corrected chi connectivity index (χ4v) is 2.17. The second-order valence-electron chi connectivity index (χ2n) is 6.11. The molecule has 0 aliphatic rings. The second-order valence-corrected chi connectivity index (χ2v) is 6.38. The lowest BCUT2D eigenvalue weighted by atomic mass is 9.83. The first-order valence-electron chi connectivity index (χ1n) is 7.54. The van der Waals surface area contributed by atoms with Gasteiger partial charge in [0.1, 0.15) is 0 Å². The van der Waals surface area contributed by atoms with Gasteiger partial charge in [0.2, 0.25) is 0 Å². The highest BCUT2D eigenvalue weighted by Gasteiger charge is 2.25. The highest BCUT2D eigenvalue weighted by Crippen LogP contribution is 2.30. The van der Waals surface area contributed by atoms with Crippen molar-refractivity contribution < 1.29 is 14.2 Å². The van der Waals surface area contributed by atoms with Gasteiger partial charge in [-0.3, -0.25) is 0 Å². The van der Waals surface area contributed by atoms with E-state index in [2.05, 4.69) is 13.8 Å². The Morgan fingerprint density at radius 2 is 1.91 bits per heavy atom. The first-order chi connectivity index (χ1) is 10.4. The minimum Gasteiger partial charge on any atom is -0.493 e. The molecule has 22 heavy (non-hydrogen) atoms. The van der Waals surface area contributed by atoms with Crippen molar-refractivity contribution in [1.82, 2.24) is 0 Å². The van der Waals surface area contributed by atoms with Crippen LogP contribution in [-0.2, 0) is 11.2 Å². The largest absolute Gasteiger partial charge is 0.493 e. The Bertz CT molecular complexity index is 452. The monoisotopic (exact) mass is 329 g/mol. The Morgan fingerprint density at radius 1 is 1.18 bits per heavy atom. The minimum absolute atomic E-state index is 0.0141. The summed E-state index contributed by atoms with van der Waals surface area (Å²) in [5.74, 6) is 2.00. The van der Waals surface area contributed by atoms with Gasteiger partial charge in [0, 0.05) is 32.1 Å². The van der Waals surface area contributed by atoms with E-state index < -0.39 is 0 Å². The van der Waals surface area contributed by atoms with Crippen LogP contribution in [0.1, 0.15) is 25.8 Å². The van der Waals surface area contributed by atoms with Crippen molar-refractivity contribution in [3.8, 4) is 11.5 Å². The van der Waals surface area contributed by atoms with Crippen molar-refractivity contribution in [3.05, 3.63) is 23.8 Å². The molecule has 2 N–H and O–H groups in total. The zero-order valence-corrected chi connectivity index (χ0v) is 14.8. The van der Waals surface area contributed by atoms with Gasteiger partial charge in [-0.2, -0.15) is 0 Å². The van der Waals surface area contributed by atoms with Gasteiger partial charge in [-0.1, -0.05) is 19.9 Å². The summed E-state index contributed by atoms with van der Waals surface area (Å²) >= 11 is 5.99. The van der Waals surface area contributed by atoms with Gasteiger partial charge in [-0.25, -0.2) is 0 Å². The quantitative estimate of drug-likeness (QED) is 0.529. The van der Waals surface area contributed by atoms with Gasteiger partial charge in [0.25, 0.3) is 0 Å². The lowest BCUT2D eigenvalue weighted by Crippen LogP contribution is -2.40. The number of rotatable bonds is 10. The molecule has 0 fully saturated rings. The van der Waals surface area contributed by atoms with Crippen LogP contribution in [0.4, 0.5) is 0 Å². The SMILES string of the molecule is COCCCOc1cc(CC(N)C(C)(C)CCl)ccc1OC. The number of hydrogen-bond acceptors (Lipinski definition) is 4. The van der Waals surface area contributed by atoms with Crippen LogP contribution in [0.5, 0.6) is 11.5 Å². The number of benzene rings is 1. The number of methoxy groups -OCH3 is 2. The van der Waals surface area contributed by atoms with E-state index in [1.54, 1.807) is 14.2 Å². The lowest BCUT2D eigenvalue weighted by molar-refractivity contribution is 0.170. The summed E-state index contributed by atoms with van der Waals surface area (Å²) in [4.78, 5) is 0. The fraction of sp³-hybridized carbons (Fsp3) is 0.647. The van der Waals surface area contributed by atoms with Crippen molar-refractivity contribution in [2.45, 2.75) is 32.7 Å². The Morgan fingerprint density at radius 3 is 2.50 bits per heavy atom. The normalized spacial score (nSPS) is 13.0. The van der Waals surface area contributed by atoms with Crippen LogP contribution >= 0.6 is 11.6 Å². The maximum Gasteiger partial charge on any atom is 0.161 e. The summed E-state index contributed by atoms with van der Waals surface area (Å²) in [5, 5.41) is 0. The molecule has 0 aliphatic carbocycles. The second kappa shape index (κ2) is 9.23. The van der Waals surface area contributed by atoms with Gasteiger partial charge >= 0.3 is 0 Å². The summed E-state index contributed by atoms with van der Waals surface area (Å²) < 4.78 is 16.2. The third kappa shape index (κ3) is 5.67. The fourth-order valence-electron chi connectivity index (χ4n) is 1.98. The summed E-state index contributed by atoms with van der Waals surface area (Å²) in [6, 6.07) is 5.92. The molecule has 0 radical (unpaired) electrons. The molecule has 0 bridgehead atoms. The van der Waals surface area contributed by atoms with E-state index in [0.717, 1.165) is 29.9 Å². The Hall–Kier alpha value is -0.970. The van der Waals surface area contributed by atoms with E-state index in [0.29, 0.717) is 19.1 Å². The molecule has 5 heteroatoms. The molecular weight excluding hydrogens is 302 g/mol. The van der Waals surface area contributed by atoms with E-state index in [4.69, 9.17) is 31.5 Å². The van der Waals surface area contributed by atoms with Crippen LogP contribution in [0, 0.1) is 5.41 Å². The first-order valence-corrected chi connectivity index (χ1v) is 8.08. The zero-order valence-electron chi connectivity index (χ0n) is 14.0. The van der Waals surface area contributed by atoms with Crippen LogP contribution < -0.4 is 15.2 Å². The van der Waals surface area contributed by atoms with E-state index >= 15 is 0 Å². The molecule has 126 valence electrons. The van der Waals surface area contributed by atoms with Crippen molar-refractivity contribution in [1.29, 1.82) is 0 Å². The molecule has 0 saturated heterocycles. The molecule has 0 aromatic heterocycles. The average molecular weight is 330 g/mol. The average Bonchev–Trinajstić information content (AvgIpc) is 2.51. The summed E-state index contributed by atoms with van der Waals surface area (Å²) in [7, 11) is 3.32. The van der Waals surface area contributed by atoms with Crippen LogP contribution in [-0.4, -0.2) is 39.4 Å². The number of alkyl halides is 1. The summed E-state index contributed by atoms with van der Waals surface area (Å²) in [6.07, 6.45) is 1.58. The number of hydrogen-bond donors (Lipinski definition) is 1. The van der Waals surface area contributed by atoms with Crippen molar-refractivity contribution in [3.63, 3.8) is 0 Å². The van der Waals surface area contributed by atoms with E-state index in [1.165, 1.54) is 0 Å². The molecule has 1 unspecified atom stereocenters. The molecule has 0 amide bonds. The third-order valence-electron chi connectivity index (χ3n) is 3.78. The zero-order chi connectivity index (χ0) is 16.6. The van der Waals surface area contributed by atoms with Crippen LogP contribution in [0.2, 0.25) is 0 Å². The van der Waals surface area contributed by atoms with Crippen LogP contribution in [0.25, 0.3) is 0 Å².